The Kier molecular flexibility index (Phi) is 4.36. The molecule has 5 rings (SSSR count). The fourth-order valence-corrected chi connectivity index (χ4v) is 5.33. The van der Waals surface area contributed by atoms with Gasteiger partial charge >= 0.3 is 0 Å². The Morgan fingerprint density at radius 1 is 1.23 bits per heavy atom. The second kappa shape index (κ2) is 6.85. The summed E-state index contributed by atoms with van der Waals surface area (Å²) in [4.78, 5) is 19.4. The van der Waals surface area contributed by atoms with Crippen molar-refractivity contribution >= 4 is 11.8 Å². The van der Waals surface area contributed by atoms with Crippen molar-refractivity contribution in [2.75, 3.05) is 18.8 Å². The third-order valence-electron chi connectivity index (χ3n) is 5.82. The van der Waals surface area contributed by atoms with Gasteiger partial charge in [-0.1, -0.05) is 0 Å². The van der Waals surface area contributed by atoms with E-state index in [0.717, 1.165) is 61.9 Å². The lowest BCUT2D eigenvalue weighted by Gasteiger charge is -2.39. The summed E-state index contributed by atoms with van der Waals surface area (Å²) in [7, 11) is 0. The van der Waals surface area contributed by atoms with Gasteiger partial charge in [-0.2, -0.15) is 16.9 Å². The monoisotopic (exact) mass is 371 g/mol. The van der Waals surface area contributed by atoms with Gasteiger partial charge in [-0.3, -0.25) is 9.69 Å². The third-order valence-corrected chi connectivity index (χ3v) is 6.83. The lowest BCUT2D eigenvalue weighted by atomic mass is 10.00. The lowest BCUT2D eigenvalue weighted by molar-refractivity contribution is 0.0725. The van der Waals surface area contributed by atoms with Crippen LogP contribution < -0.4 is 5.56 Å². The van der Waals surface area contributed by atoms with Crippen molar-refractivity contribution in [3.63, 3.8) is 0 Å². The van der Waals surface area contributed by atoms with Crippen LogP contribution in [0.2, 0.25) is 0 Å². The van der Waals surface area contributed by atoms with Crippen molar-refractivity contribution in [2.45, 2.75) is 51.1 Å². The Balaban J connectivity index is 1.20. The van der Waals surface area contributed by atoms with E-state index in [-0.39, 0.29) is 5.56 Å². The third kappa shape index (κ3) is 3.11. The van der Waals surface area contributed by atoms with Gasteiger partial charge in [0.15, 0.2) is 0 Å². The van der Waals surface area contributed by atoms with Gasteiger partial charge in [0.2, 0.25) is 0 Å². The van der Waals surface area contributed by atoms with Gasteiger partial charge in [0.05, 0.1) is 18.8 Å². The molecule has 0 aliphatic carbocycles. The first-order valence-electron chi connectivity index (χ1n) is 9.69. The maximum absolute atomic E-state index is 12.3. The van der Waals surface area contributed by atoms with Crippen molar-refractivity contribution in [3.8, 4) is 0 Å². The molecular weight excluding hydrogens is 346 g/mol. The van der Waals surface area contributed by atoms with Crippen LogP contribution in [0.1, 0.15) is 35.6 Å². The van der Waals surface area contributed by atoms with Gasteiger partial charge < -0.3 is 4.57 Å². The van der Waals surface area contributed by atoms with Gasteiger partial charge in [0, 0.05) is 55.7 Å². The second-order valence-corrected chi connectivity index (χ2v) is 8.88. The molecule has 0 atom stereocenters. The summed E-state index contributed by atoms with van der Waals surface area (Å²) >= 11 is 1.89. The molecule has 6 nitrogen and oxygen atoms in total. The van der Waals surface area contributed by atoms with Crippen LogP contribution in [-0.2, 0) is 38.2 Å². The van der Waals surface area contributed by atoms with E-state index in [4.69, 9.17) is 0 Å². The second-order valence-electron chi connectivity index (χ2n) is 7.77. The molecule has 0 unspecified atom stereocenters. The van der Waals surface area contributed by atoms with Crippen LogP contribution in [0.25, 0.3) is 0 Å². The fraction of sp³-hybridized carbons (Fsp3) is 0.632. The lowest BCUT2D eigenvalue weighted by Crippen LogP contribution is -2.49. The molecule has 5 heterocycles. The molecule has 0 saturated carbocycles. The Bertz CT molecular complexity index is 867. The van der Waals surface area contributed by atoms with E-state index in [0.29, 0.717) is 5.92 Å². The fourth-order valence-electron chi connectivity index (χ4n) is 4.38. The standard InChI is InChI=1S/C19H25N5OS/c25-19-7-15-13-26-6-4-17(15)21-24(19)11-14-9-22(10-14)12-18-20-8-16-3-1-2-5-23(16)18/h7-8,14H,1-6,9-13H2. The molecule has 1 fully saturated rings. The Morgan fingerprint density at radius 3 is 3.08 bits per heavy atom. The number of hydrogen-bond donors (Lipinski definition) is 0. The van der Waals surface area contributed by atoms with Crippen LogP contribution in [0.15, 0.2) is 17.1 Å². The molecule has 1 saturated heterocycles. The largest absolute Gasteiger partial charge is 0.331 e. The van der Waals surface area contributed by atoms with E-state index in [1.54, 1.807) is 4.68 Å². The summed E-state index contributed by atoms with van der Waals surface area (Å²) in [5.74, 6) is 3.78. The van der Waals surface area contributed by atoms with Crippen molar-refractivity contribution in [1.82, 2.24) is 24.2 Å². The first kappa shape index (κ1) is 16.6. The van der Waals surface area contributed by atoms with E-state index < -0.39 is 0 Å². The minimum absolute atomic E-state index is 0.0621. The predicted octanol–water partition coefficient (Wildman–Crippen LogP) is 1.70. The highest BCUT2D eigenvalue weighted by Crippen LogP contribution is 2.24. The predicted molar refractivity (Wildman–Crippen MR) is 102 cm³/mol. The minimum Gasteiger partial charge on any atom is -0.331 e. The summed E-state index contributed by atoms with van der Waals surface area (Å²) in [6.45, 7) is 4.86. The maximum Gasteiger partial charge on any atom is 0.267 e. The number of aromatic nitrogens is 4. The number of rotatable bonds is 4. The van der Waals surface area contributed by atoms with Crippen LogP contribution in [0.5, 0.6) is 0 Å². The number of hydrogen-bond acceptors (Lipinski definition) is 5. The average molecular weight is 372 g/mol. The topological polar surface area (TPSA) is 56.0 Å². The van der Waals surface area contributed by atoms with Crippen molar-refractivity contribution in [2.24, 2.45) is 5.92 Å². The summed E-state index contributed by atoms with van der Waals surface area (Å²) in [6.07, 6.45) is 6.77. The number of aryl methyl sites for hydroxylation is 2. The summed E-state index contributed by atoms with van der Waals surface area (Å²) in [5.41, 5.74) is 3.73. The van der Waals surface area contributed by atoms with Crippen molar-refractivity contribution in [1.29, 1.82) is 0 Å². The van der Waals surface area contributed by atoms with Gasteiger partial charge in [0.1, 0.15) is 5.82 Å². The van der Waals surface area contributed by atoms with Gasteiger partial charge in [-0.05, 0) is 30.6 Å². The number of nitrogens with zero attached hydrogens (tertiary/aromatic N) is 5. The molecule has 7 heteroatoms. The molecule has 0 bridgehead atoms. The first-order chi connectivity index (χ1) is 12.8. The smallest absolute Gasteiger partial charge is 0.267 e. The van der Waals surface area contributed by atoms with Gasteiger partial charge in [-0.15, -0.1) is 0 Å². The van der Waals surface area contributed by atoms with Crippen LogP contribution >= 0.6 is 11.8 Å². The normalized spacial score (nSPS) is 20.5. The number of fused-ring (bicyclic) bond motifs is 2. The molecule has 138 valence electrons. The zero-order chi connectivity index (χ0) is 17.5. The molecule has 2 aromatic heterocycles. The zero-order valence-corrected chi connectivity index (χ0v) is 15.9. The minimum atomic E-state index is 0.0621. The van der Waals surface area contributed by atoms with Crippen LogP contribution in [0.3, 0.4) is 0 Å². The van der Waals surface area contributed by atoms with E-state index in [9.17, 15) is 4.79 Å². The molecule has 3 aliphatic rings. The first-order valence-corrected chi connectivity index (χ1v) is 10.8. The highest BCUT2D eigenvalue weighted by atomic mass is 32.2. The van der Waals surface area contributed by atoms with E-state index >= 15 is 0 Å². The quantitative estimate of drug-likeness (QED) is 0.819. The van der Waals surface area contributed by atoms with E-state index in [1.807, 2.05) is 17.8 Å². The summed E-state index contributed by atoms with van der Waals surface area (Å²) in [5, 5.41) is 4.65. The van der Waals surface area contributed by atoms with Crippen LogP contribution in [-0.4, -0.2) is 43.1 Å². The van der Waals surface area contributed by atoms with Crippen molar-refractivity contribution in [3.05, 3.63) is 45.4 Å². The molecule has 0 amide bonds. The molecular formula is C19H25N5OS. The SMILES string of the molecule is O=c1cc2c(nn1CC1CN(Cc3ncc4n3CCCC4)C1)CCSC2. The summed E-state index contributed by atoms with van der Waals surface area (Å²) in [6, 6.07) is 1.81. The Labute approximate surface area is 157 Å². The molecule has 0 N–H and O–H groups in total. The maximum atomic E-state index is 12.3. The van der Waals surface area contributed by atoms with Crippen molar-refractivity contribution < 1.29 is 0 Å². The summed E-state index contributed by atoms with van der Waals surface area (Å²) < 4.78 is 4.11. The Morgan fingerprint density at radius 2 is 2.15 bits per heavy atom. The molecule has 26 heavy (non-hydrogen) atoms. The Hall–Kier alpha value is -1.60. The number of imidazole rings is 1. The van der Waals surface area contributed by atoms with Crippen LogP contribution in [0, 0.1) is 5.92 Å². The van der Waals surface area contributed by atoms with Gasteiger partial charge in [0.25, 0.3) is 5.56 Å². The van der Waals surface area contributed by atoms with Gasteiger partial charge in [-0.25, -0.2) is 9.67 Å². The number of thioether (sulfide) groups is 1. The van der Waals surface area contributed by atoms with E-state index in [1.165, 1.54) is 30.8 Å². The molecule has 3 aliphatic heterocycles. The highest BCUT2D eigenvalue weighted by molar-refractivity contribution is 7.98. The molecule has 0 spiro atoms. The molecule has 0 radical (unpaired) electrons. The van der Waals surface area contributed by atoms with Crippen LogP contribution in [0.4, 0.5) is 0 Å². The molecule has 2 aromatic rings. The average Bonchev–Trinajstić information content (AvgIpc) is 3.03. The molecule has 0 aromatic carbocycles. The zero-order valence-electron chi connectivity index (χ0n) is 15.1. The number of likely N-dealkylation sites (tertiary alicyclic amines) is 1. The highest BCUT2D eigenvalue weighted by Gasteiger charge is 2.29. The van der Waals surface area contributed by atoms with E-state index in [2.05, 4.69) is 25.7 Å².